The van der Waals surface area contributed by atoms with E-state index in [1.807, 2.05) is 23.1 Å². The molecule has 2 rings (SSSR count). The number of rotatable bonds is 4. The monoisotopic (exact) mass is 317 g/mol. The Morgan fingerprint density at radius 3 is 2.55 bits per heavy atom. The van der Waals surface area contributed by atoms with Crippen molar-refractivity contribution >= 4 is 29.9 Å². The van der Waals surface area contributed by atoms with E-state index >= 15 is 0 Å². The van der Waals surface area contributed by atoms with Gasteiger partial charge in [0, 0.05) is 50.7 Å². The topological polar surface area (TPSA) is 49.6 Å². The highest BCUT2D eigenvalue weighted by Crippen LogP contribution is 2.14. The zero-order valence-corrected chi connectivity index (χ0v) is 13.0. The highest BCUT2D eigenvalue weighted by molar-refractivity contribution is 6.30. The van der Waals surface area contributed by atoms with Crippen LogP contribution in [0, 0.1) is 0 Å². The molecule has 0 spiro atoms. The number of hydrogen-bond donors (Lipinski definition) is 1. The molecule has 1 fully saturated rings. The van der Waals surface area contributed by atoms with Crippen molar-refractivity contribution in [3.05, 3.63) is 34.9 Å². The van der Waals surface area contributed by atoms with Crippen LogP contribution in [0.4, 0.5) is 0 Å². The first-order valence-electron chi connectivity index (χ1n) is 6.63. The molecule has 0 aromatic heterocycles. The van der Waals surface area contributed by atoms with Crippen molar-refractivity contribution in [2.24, 2.45) is 5.73 Å². The number of amides is 1. The Morgan fingerprint density at radius 1 is 1.25 bits per heavy atom. The molecule has 1 amide bonds. The Kier molecular flexibility index (Phi) is 7.30. The second kappa shape index (κ2) is 8.47. The maximum Gasteiger partial charge on any atom is 0.223 e. The fourth-order valence-corrected chi connectivity index (χ4v) is 2.54. The van der Waals surface area contributed by atoms with Gasteiger partial charge in [-0.05, 0) is 17.7 Å². The molecule has 112 valence electrons. The smallest absolute Gasteiger partial charge is 0.223 e. The first-order chi connectivity index (χ1) is 9.19. The molecule has 0 unspecified atom stereocenters. The lowest BCUT2D eigenvalue weighted by atomic mass is 10.2. The molecule has 2 N–H and O–H groups in total. The maximum absolute atomic E-state index is 11.7. The van der Waals surface area contributed by atoms with Gasteiger partial charge in [0.25, 0.3) is 0 Å². The Labute approximate surface area is 131 Å². The number of nitrogens with two attached hydrogens (primary N) is 1. The van der Waals surface area contributed by atoms with E-state index in [0.29, 0.717) is 13.0 Å². The fourth-order valence-electron chi connectivity index (χ4n) is 2.33. The summed E-state index contributed by atoms with van der Waals surface area (Å²) in [6, 6.07) is 7.93. The van der Waals surface area contributed by atoms with Crippen molar-refractivity contribution in [3.8, 4) is 0 Å². The van der Waals surface area contributed by atoms with Crippen LogP contribution in [0.25, 0.3) is 0 Å². The van der Waals surface area contributed by atoms with Gasteiger partial charge >= 0.3 is 0 Å². The zero-order valence-electron chi connectivity index (χ0n) is 11.4. The lowest BCUT2D eigenvalue weighted by Gasteiger charge is -2.34. The number of halogens is 2. The molecule has 0 bridgehead atoms. The van der Waals surface area contributed by atoms with Crippen LogP contribution >= 0.6 is 24.0 Å². The average Bonchev–Trinajstić information content (AvgIpc) is 2.40. The SMILES string of the molecule is Cl.NCCC(=O)N1CCN(Cc2cccc(Cl)c2)CC1. The van der Waals surface area contributed by atoms with Crippen LogP contribution in [-0.4, -0.2) is 48.4 Å². The second-order valence-corrected chi connectivity index (χ2v) is 5.26. The van der Waals surface area contributed by atoms with Crippen LogP contribution in [0.5, 0.6) is 0 Å². The van der Waals surface area contributed by atoms with Gasteiger partial charge in [-0.25, -0.2) is 0 Å². The van der Waals surface area contributed by atoms with Gasteiger partial charge in [0.1, 0.15) is 0 Å². The van der Waals surface area contributed by atoms with Crippen LogP contribution in [0.3, 0.4) is 0 Å². The van der Waals surface area contributed by atoms with E-state index in [4.69, 9.17) is 17.3 Å². The molecule has 4 nitrogen and oxygen atoms in total. The summed E-state index contributed by atoms with van der Waals surface area (Å²) >= 11 is 5.98. The zero-order chi connectivity index (χ0) is 13.7. The van der Waals surface area contributed by atoms with Gasteiger partial charge in [0.05, 0.1) is 0 Å². The highest BCUT2D eigenvalue weighted by atomic mass is 35.5. The lowest BCUT2D eigenvalue weighted by Crippen LogP contribution is -2.48. The predicted molar refractivity (Wildman–Crippen MR) is 84.2 cm³/mol. The molecule has 1 aliphatic heterocycles. The van der Waals surface area contributed by atoms with Gasteiger partial charge < -0.3 is 10.6 Å². The summed E-state index contributed by atoms with van der Waals surface area (Å²) in [5.41, 5.74) is 6.63. The molecular formula is C14H21Cl2N3O. The van der Waals surface area contributed by atoms with E-state index in [9.17, 15) is 4.79 Å². The van der Waals surface area contributed by atoms with Crippen LogP contribution in [-0.2, 0) is 11.3 Å². The molecule has 1 aromatic rings. The minimum absolute atomic E-state index is 0. The number of carbonyl (C=O) groups is 1. The van der Waals surface area contributed by atoms with Gasteiger partial charge in [-0.2, -0.15) is 0 Å². The quantitative estimate of drug-likeness (QED) is 0.920. The van der Waals surface area contributed by atoms with E-state index in [1.165, 1.54) is 5.56 Å². The molecular weight excluding hydrogens is 297 g/mol. The minimum atomic E-state index is 0. The molecule has 20 heavy (non-hydrogen) atoms. The Bertz CT molecular complexity index is 434. The minimum Gasteiger partial charge on any atom is -0.340 e. The van der Waals surface area contributed by atoms with Crippen LogP contribution in [0.1, 0.15) is 12.0 Å². The van der Waals surface area contributed by atoms with Gasteiger partial charge in [0.2, 0.25) is 5.91 Å². The van der Waals surface area contributed by atoms with Crippen molar-refractivity contribution in [1.29, 1.82) is 0 Å². The van der Waals surface area contributed by atoms with Gasteiger partial charge in [0.15, 0.2) is 0 Å². The number of hydrogen-bond acceptors (Lipinski definition) is 3. The number of benzene rings is 1. The molecule has 6 heteroatoms. The van der Waals surface area contributed by atoms with Crippen molar-refractivity contribution in [2.75, 3.05) is 32.7 Å². The Hall–Kier alpha value is -0.810. The predicted octanol–water partition coefficient (Wildman–Crippen LogP) is 1.75. The third-order valence-corrected chi connectivity index (χ3v) is 3.61. The van der Waals surface area contributed by atoms with Gasteiger partial charge in [-0.3, -0.25) is 9.69 Å². The first kappa shape index (κ1) is 17.2. The van der Waals surface area contributed by atoms with Crippen molar-refractivity contribution < 1.29 is 4.79 Å². The Balaban J connectivity index is 0.00000200. The molecule has 0 saturated carbocycles. The fraction of sp³-hybridized carbons (Fsp3) is 0.500. The van der Waals surface area contributed by atoms with Gasteiger partial charge in [-0.1, -0.05) is 23.7 Å². The summed E-state index contributed by atoms with van der Waals surface area (Å²) in [4.78, 5) is 16.0. The maximum atomic E-state index is 11.7. The summed E-state index contributed by atoms with van der Waals surface area (Å²) in [5.74, 6) is 0.171. The standard InChI is InChI=1S/C14H20ClN3O.ClH/c15-13-3-1-2-12(10-13)11-17-6-8-18(9-7-17)14(19)4-5-16;/h1-3,10H,4-9,11,16H2;1H. The largest absolute Gasteiger partial charge is 0.340 e. The van der Waals surface area contributed by atoms with Gasteiger partial charge in [-0.15, -0.1) is 12.4 Å². The molecule has 0 aliphatic carbocycles. The van der Waals surface area contributed by atoms with E-state index in [-0.39, 0.29) is 18.3 Å². The summed E-state index contributed by atoms with van der Waals surface area (Å²) < 4.78 is 0. The van der Waals surface area contributed by atoms with E-state index in [2.05, 4.69) is 11.0 Å². The molecule has 1 heterocycles. The number of nitrogens with zero attached hydrogens (tertiary/aromatic N) is 2. The van der Waals surface area contributed by atoms with Crippen LogP contribution in [0.2, 0.25) is 5.02 Å². The second-order valence-electron chi connectivity index (χ2n) is 4.83. The van der Waals surface area contributed by atoms with Crippen LogP contribution < -0.4 is 5.73 Å². The molecule has 1 aliphatic rings. The average molecular weight is 318 g/mol. The lowest BCUT2D eigenvalue weighted by molar-refractivity contribution is -0.132. The van der Waals surface area contributed by atoms with E-state index in [0.717, 1.165) is 37.7 Å². The molecule has 1 saturated heterocycles. The number of piperazine rings is 1. The van der Waals surface area contributed by atoms with E-state index < -0.39 is 0 Å². The molecule has 1 aromatic carbocycles. The molecule has 0 atom stereocenters. The third-order valence-electron chi connectivity index (χ3n) is 3.38. The number of carbonyl (C=O) groups excluding carboxylic acids is 1. The third kappa shape index (κ3) is 4.94. The van der Waals surface area contributed by atoms with E-state index in [1.54, 1.807) is 0 Å². The highest BCUT2D eigenvalue weighted by Gasteiger charge is 2.20. The van der Waals surface area contributed by atoms with Crippen molar-refractivity contribution in [2.45, 2.75) is 13.0 Å². The van der Waals surface area contributed by atoms with Crippen molar-refractivity contribution in [1.82, 2.24) is 9.80 Å². The summed E-state index contributed by atoms with van der Waals surface area (Å²) in [5, 5.41) is 0.772. The normalized spacial score (nSPS) is 15.8. The molecule has 0 radical (unpaired) electrons. The Morgan fingerprint density at radius 2 is 1.95 bits per heavy atom. The summed E-state index contributed by atoms with van der Waals surface area (Å²) in [7, 11) is 0. The van der Waals surface area contributed by atoms with Crippen LogP contribution in [0.15, 0.2) is 24.3 Å². The summed E-state index contributed by atoms with van der Waals surface area (Å²) in [6.45, 7) is 4.71. The first-order valence-corrected chi connectivity index (χ1v) is 7.01. The summed E-state index contributed by atoms with van der Waals surface area (Å²) in [6.07, 6.45) is 0.453. The van der Waals surface area contributed by atoms with Crippen molar-refractivity contribution in [3.63, 3.8) is 0 Å².